The van der Waals surface area contributed by atoms with Crippen molar-refractivity contribution in [2.45, 2.75) is 32.7 Å². The second-order valence-corrected chi connectivity index (χ2v) is 6.97. The summed E-state index contributed by atoms with van der Waals surface area (Å²) in [6.45, 7) is 5.05. The zero-order valence-corrected chi connectivity index (χ0v) is 17.6. The monoisotopic (exact) mass is 403 g/mol. The van der Waals surface area contributed by atoms with Crippen molar-refractivity contribution in [1.82, 2.24) is 5.32 Å². The first-order valence-corrected chi connectivity index (χ1v) is 10.5. The van der Waals surface area contributed by atoms with Gasteiger partial charge in [-0.15, -0.1) is 0 Å². The maximum absolute atomic E-state index is 12.8. The molecule has 156 valence electrons. The van der Waals surface area contributed by atoms with Gasteiger partial charge in [0.2, 0.25) is 5.91 Å². The van der Waals surface area contributed by atoms with Crippen LogP contribution >= 0.6 is 0 Å². The van der Waals surface area contributed by atoms with E-state index >= 15 is 0 Å². The number of hydrogen-bond donors (Lipinski definition) is 1. The fourth-order valence-electron chi connectivity index (χ4n) is 3.39. The number of carbonyl (C=O) groups excluding carboxylic acids is 1. The van der Waals surface area contributed by atoms with E-state index in [1.807, 2.05) is 92.7 Å². The lowest BCUT2D eigenvalue weighted by Gasteiger charge is -2.20. The molecule has 0 fully saturated rings. The highest BCUT2D eigenvalue weighted by Gasteiger charge is 2.16. The van der Waals surface area contributed by atoms with Crippen LogP contribution in [0.3, 0.4) is 0 Å². The molecule has 3 aromatic rings. The lowest BCUT2D eigenvalue weighted by Crippen LogP contribution is -2.29. The number of benzene rings is 3. The van der Waals surface area contributed by atoms with E-state index < -0.39 is 0 Å². The lowest BCUT2D eigenvalue weighted by molar-refractivity contribution is -0.121. The second-order valence-electron chi connectivity index (χ2n) is 6.97. The molecule has 0 aliphatic rings. The van der Waals surface area contributed by atoms with E-state index in [0.717, 1.165) is 28.2 Å². The Kier molecular flexibility index (Phi) is 7.90. The average molecular weight is 404 g/mol. The largest absolute Gasteiger partial charge is 0.490 e. The number of nitrogens with one attached hydrogen (secondary N) is 1. The summed E-state index contributed by atoms with van der Waals surface area (Å²) >= 11 is 0. The van der Waals surface area contributed by atoms with Crippen LogP contribution in [0.4, 0.5) is 0 Å². The molecule has 0 saturated heterocycles. The van der Waals surface area contributed by atoms with Crippen LogP contribution in [0.5, 0.6) is 11.5 Å². The molecule has 0 unspecified atom stereocenters. The van der Waals surface area contributed by atoms with Crippen molar-refractivity contribution in [3.63, 3.8) is 0 Å². The summed E-state index contributed by atoms with van der Waals surface area (Å²) in [5.74, 6) is 1.48. The highest BCUT2D eigenvalue weighted by Crippen LogP contribution is 2.29. The van der Waals surface area contributed by atoms with Gasteiger partial charge in [0, 0.05) is 6.42 Å². The molecule has 0 aromatic heterocycles. The summed E-state index contributed by atoms with van der Waals surface area (Å²) in [7, 11) is 0. The molecule has 3 aromatic carbocycles. The minimum absolute atomic E-state index is 0.0135. The van der Waals surface area contributed by atoms with Gasteiger partial charge >= 0.3 is 0 Å². The van der Waals surface area contributed by atoms with E-state index in [1.165, 1.54) is 0 Å². The van der Waals surface area contributed by atoms with Crippen molar-refractivity contribution < 1.29 is 14.3 Å². The van der Waals surface area contributed by atoms with Crippen molar-refractivity contribution in [2.75, 3.05) is 13.2 Å². The van der Waals surface area contributed by atoms with Crippen LogP contribution in [0, 0.1) is 0 Å². The van der Waals surface area contributed by atoms with Crippen molar-refractivity contribution in [3.05, 3.63) is 95.6 Å². The molecule has 1 amide bonds. The Balaban J connectivity index is 1.68. The van der Waals surface area contributed by atoms with Gasteiger partial charge in [-0.1, -0.05) is 66.7 Å². The molecule has 30 heavy (non-hydrogen) atoms. The van der Waals surface area contributed by atoms with Gasteiger partial charge in [-0.2, -0.15) is 0 Å². The van der Waals surface area contributed by atoms with Crippen LogP contribution in [0.2, 0.25) is 0 Å². The summed E-state index contributed by atoms with van der Waals surface area (Å²) in [5, 5.41) is 3.20. The predicted octanol–water partition coefficient (Wildman–Crippen LogP) is 5.32. The summed E-state index contributed by atoms with van der Waals surface area (Å²) in [4.78, 5) is 12.8. The summed E-state index contributed by atoms with van der Waals surface area (Å²) in [6, 6.07) is 25.8. The zero-order valence-electron chi connectivity index (χ0n) is 17.6. The standard InChI is InChI=1S/C26H29NO3/c1-3-29-23-17-15-20(19-24(23)30-4-2)16-18-25(28)27-26(21-11-7-5-8-12-21)22-13-9-6-10-14-22/h5-15,17,19,26H,3-4,16,18H2,1-2H3,(H,27,28). The molecule has 0 aliphatic carbocycles. The molecule has 4 heteroatoms. The minimum Gasteiger partial charge on any atom is -0.490 e. The van der Waals surface area contributed by atoms with Crippen LogP contribution in [0.15, 0.2) is 78.9 Å². The van der Waals surface area contributed by atoms with Crippen LogP contribution < -0.4 is 14.8 Å². The van der Waals surface area contributed by atoms with Crippen molar-refractivity contribution in [3.8, 4) is 11.5 Å². The number of amides is 1. The summed E-state index contributed by atoms with van der Waals surface area (Å²) in [5.41, 5.74) is 3.18. The van der Waals surface area contributed by atoms with Crippen molar-refractivity contribution in [1.29, 1.82) is 0 Å². The number of hydrogen-bond acceptors (Lipinski definition) is 3. The maximum atomic E-state index is 12.8. The van der Waals surface area contributed by atoms with Crippen LogP contribution in [-0.4, -0.2) is 19.1 Å². The summed E-state index contributed by atoms with van der Waals surface area (Å²) < 4.78 is 11.3. The quantitative estimate of drug-likeness (QED) is 0.498. The predicted molar refractivity (Wildman–Crippen MR) is 120 cm³/mol. The minimum atomic E-state index is -0.167. The third-order valence-electron chi connectivity index (χ3n) is 4.82. The third kappa shape index (κ3) is 5.86. The molecule has 0 aliphatic heterocycles. The van der Waals surface area contributed by atoms with Gasteiger partial charge in [-0.05, 0) is 49.1 Å². The third-order valence-corrected chi connectivity index (χ3v) is 4.82. The van der Waals surface area contributed by atoms with Crippen molar-refractivity contribution >= 4 is 5.91 Å². The van der Waals surface area contributed by atoms with Gasteiger partial charge < -0.3 is 14.8 Å². The van der Waals surface area contributed by atoms with Crippen LogP contribution in [0.1, 0.15) is 43.0 Å². The SMILES string of the molecule is CCOc1ccc(CCC(=O)NC(c2ccccc2)c2ccccc2)cc1OCC. The fourth-order valence-corrected chi connectivity index (χ4v) is 3.39. The van der Waals surface area contributed by atoms with Crippen LogP contribution in [0.25, 0.3) is 0 Å². The molecule has 0 heterocycles. The Morgan fingerprint density at radius 1 is 0.800 bits per heavy atom. The van der Waals surface area contributed by atoms with E-state index in [1.54, 1.807) is 0 Å². The molecule has 4 nitrogen and oxygen atoms in total. The first kappa shape index (κ1) is 21.4. The maximum Gasteiger partial charge on any atom is 0.221 e. The Morgan fingerprint density at radius 2 is 1.37 bits per heavy atom. The average Bonchev–Trinajstić information content (AvgIpc) is 2.79. The Bertz CT molecular complexity index is 886. The molecule has 1 N–H and O–H groups in total. The van der Waals surface area contributed by atoms with E-state index in [4.69, 9.17) is 9.47 Å². The smallest absolute Gasteiger partial charge is 0.221 e. The Morgan fingerprint density at radius 3 is 1.93 bits per heavy atom. The van der Waals surface area contributed by atoms with E-state index in [9.17, 15) is 4.79 Å². The molecule has 0 bridgehead atoms. The fraction of sp³-hybridized carbons (Fsp3) is 0.269. The van der Waals surface area contributed by atoms with Crippen molar-refractivity contribution in [2.24, 2.45) is 0 Å². The summed E-state index contributed by atoms with van der Waals surface area (Å²) in [6.07, 6.45) is 1.03. The second kappa shape index (κ2) is 11.1. The van der Waals surface area contributed by atoms with Gasteiger partial charge in [-0.3, -0.25) is 4.79 Å². The Labute approximate surface area is 178 Å². The lowest BCUT2D eigenvalue weighted by atomic mass is 9.98. The number of ether oxygens (including phenoxy) is 2. The number of aryl methyl sites for hydroxylation is 1. The number of rotatable bonds is 10. The van der Waals surface area contributed by atoms with Gasteiger partial charge in [0.05, 0.1) is 19.3 Å². The normalized spacial score (nSPS) is 10.6. The molecule has 0 atom stereocenters. The molecular weight excluding hydrogens is 374 g/mol. The first-order chi connectivity index (χ1) is 14.7. The van der Waals surface area contributed by atoms with Gasteiger partial charge in [0.25, 0.3) is 0 Å². The molecule has 0 radical (unpaired) electrons. The van der Waals surface area contributed by atoms with E-state index in [-0.39, 0.29) is 11.9 Å². The molecule has 3 rings (SSSR count). The highest BCUT2D eigenvalue weighted by atomic mass is 16.5. The molecule has 0 saturated carbocycles. The number of carbonyl (C=O) groups is 1. The first-order valence-electron chi connectivity index (χ1n) is 10.5. The van der Waals surface area contributed by atoms with Crippen LogP contribution in [-0.2, 0) is 11.2 Å². The molecule has 0 spiro atoms. The van der Waals surface area contributed by atoms with Gasteiger partial charge in [0.15, 0.2) is 11.5 Å². The zero-order chi connectivity index (χ0) is 21.2. The van der Waals surface area contributed by atoms with E-state index in [0.29, 0.717) is 26.1 Å². The Hall–Kier alpha value is -3.27. The van der Waals surface area contributed by atoms with Gasteiger partial charge in [-0.25, -0.2) is 0 Å². The van der Waals surface area contributed by atoms with E-state index in [2.05, 4.69) is 5.32 Å². The highest BCUT2D eigenvalue weighted by molar-refractivity contribution is 5.77. The molecular formula is C26H29NO3. The van der Waals surface area contributed by atoms with Gasteiger partial charge in [0.1, 0.15) is 0 Å². The topological polar surface area (TPSA) is 47.6 Å².